The van der Waals surface area contributed by atoms with Crippen LogP contribution < -0.4 is 15.4 Å². The second-order valence-electron chi connectivity index (χ2n) is 5.58. The Labute approximate surface area is 150 Å². The molecule has 3 rings (SSSR count). The summed E-state index contributed by atoms with van der Waals surface area (Å²) in [6, 6.07) is 6.57. The molecule has 1 aromatic carbocycles. The molecule has 1 saturated heterocycles. The Morgan fingerprint density at radius 3 is 3.04 bits per heavy atom. The van der Waals surface area contributed by atoms with Crippen molar-refractivity contribution in [1.82, 2.24) is 9.97 Å². The van der Waals surface area contributed by atoms with Gasteiger partial charge in [-0.25, -0.2) is 9.97 Å². The van der Waals surface area contributed by atoms with Gasteiger partial charge in [0.15, 0.2) is 0 Å². The lowest BCUT2D eigenvalue weighted by Crippen LogP contribution is -2.21. The minimum atomic E-state index is -0.344. The summed E-state index contributed by atoms with van der Waals surface area (Å²) >= 11 is 6.06. The Kier molecular flexibility index (Phi) is 5.67. The molecule has 0 radical (unpaired) electrons. The number of amides is 1. The molecule has 1 aliphatic rings. The lowest BCUT2D eigenvalue weighted by Gasteiger charge is -2.11. The van der Waals surface area contributed by atoms with Crippen LogP contribution in [-0.2, 0) is 4.74 Å². The average Bonchev–Trinajstić information content (AvgIpc) is 3.14. The van der Waals surface area contributed by atoms with Crippen LogP contribution in [0.1, 0.15) is 23.3 Å². The Hall–Kier alpha value is -2.38. The molecule has 1 amide bonds. The molecule has 1 atom stereocenters. The van der Waals surface area contributed by atoms with E-state index in [-0.39, 0.29) is 17.7 Å². The standard InChI is InChI=1S/C17H19ClN4O3/c1-24-15-5-4-11(9-13(15)18)21-16(23)14-6-7-19-17(22-14)20-10-12-3-2-8-25-12/h4-7,9,12H,2-3,8,10H2,1H3,(H,21,23)(H,19,20,22). The molecule has 0 spiro atoms. The summed E-state index contributed by atoms with van der Waals surface area (Å²) in [5.74, 6) is 0.599. The molecule has 0 bridgehead atoms. The van der Waals surface area contributed by atoms with Crippen molar-refractivity contribution in [3.05, 3.63) is 41.2 Å². The first-order chi connectivity index (χ1) is 12.2. The van der Waals surface area contributed by atoms with Gasteiger partial charge in [-0.15, -0.1) is 0 Å². The zero-order valence-corrected chi connectivity index (χ0v) is 14.5. The largest absolute Gasteiger partial charge is 0.495 e. The maximum absolute atomic E-state index is 12.4. The first-order valence-electron chi connectivity index (χ1n) is 7.99. The molecular formula is C17H19ClN4O3. The number of ether oxygens (including phenoxy) is 2. The number of hydrogen-bond donors (Lipinski definition) is 2. The van der Waals surface area contributed by atoms with E-state index >= 15 is 0 Å². The Morgan fingerprint density at radius 1 is 1.44 bits per heavy atom. The van der Waals surface area contributed by atoms with Crippen LogP contribution in [0.5, 0.6) is 5.75 Å². The van der Waals surface area contributed by atoms with Crippen LogP contribution in [0.3, 0.4) is 0 Å². The minimum absolute atomic E-state index is 0.169. The fourth-order valence-electron chi connectivity index (χ4n) is 2.52. The van der Waals surface area contributed by atoms with Gasteiger partial charge < -0.3 is 20.1 Å². The summed E-state index contributed by atoms with van der Waals surface area (Å²) in [5.41, 5.74) is 0.819. The first kappa shape index (κ1) is 17.4. The monoisotopic (exact) mass is 362 g/mol. The first-order valence-corrected chi connectivity index (χ1v) is 8.37. The van der Waals surface area contributed by atoms with Gasteiger partial charge in [0.1, 0.15) is 11.4 Å². The SMILES string of the molecule is COc1ccc(NC(=O)c2ccnc(NCC3CCCO3)n2)cc1Cl. The molecule has 2 heterocycles. The Morgan fingerprint density at radius 2 is 2.32 bits per heavy atom. The number of benzene rings is 1. The van der Waals surface area contributed by atoms with Crippen molar-refractivity contribution in [3.8, 4) is 5.75 Å². The summed E-state index contributed by atoms with van der Waals surface area (Å²) in [5, 5.41) is 6.28. The van der Waals surface area contributed by atoms with E-state index in [0.29, 0.717) is 29.0 Å². The van der Waals surface area contributed by atoms with Crippen molar-refractivity contribution in [2.24, 2.45) is 0 Å². The molecule has 1 fully saturated rings. The topological polar surface area (TPSA) is 85.4 Å². The van der Waals surface area contributed by atoms with E-state index < -0.39 is 0 Å². The van der Waals surface area contributed by atoms with Crippen molar-refractivity contribution in [2.75, 3.05) is 30.9 Å². The third-order valence-electron chi connectivity index (χ3n) is 3.81. The summed E-state index contributed by atoms with van der Waals surface area (Å²) < 4.78 is 10.6. The highest BCUT2D eigenvalue weighted by molar-refractivity contribution is 6.32. The third kappa shape index (κ3) is 4.58. The maximum Gasteiger partial charge on any atom is 0.274 e. The van der Waals surface area contributed by atoms with Crippen LogP contribution in [0, 0.1) is 0 Å². The van der Waals surface area contributed by atoms with Crippen LogP contribution in [0.2, 0.25) is 5.02 Å². The lowest BCUT2D eigenvalue weighted by atomic mass is 10.2. The Balaban J connectivity index is 1.63. The number of nitrogens with zero attached hydrogens (tertiary/aromatic N) is 2. The van der Waals surface area contributed by atoms with Gasteiger partial charge >= 0.3 is 0 Å². The highest BCUT2D eigenvalue weighted by Gasteiger charge is 2.16. The van der Waals surface area contributed by atoms with E-state index in [1.165, 1.54) is 7.11 Å². The van der Waals surface area contributed by atoms with Crippen molar-refractivity contribution < 1.29 is 14.3 Å². The van der Waals surface area contributed by atoms with Gasteiger partial charge in [-0.05, 0) is 37.1 Å². The second-order valence-corrected chi connectivity index (χ2v) is 5.99. The molecule has 0 saturated carbocycles. The molecule has 1 unspecified atom stereocenters. The molecule has 2 aromatic rings. The number of anilines is 2. The molecule has 0 aliphatic carbocycles. The number of rotatable bonds is 6. The zero-order valence-electron chi connectivity index (χ0n) is 13.8. The number of halogens is 1. The molecule has 2 N–H and O–H groups in total. The fraction of sp³-hybridized carbons (Fsp3) is 0.353. The van der Waals surface area contributed by atoms with Crippen molar-refractivity contribution >= 4 is 29.1 Å². The predicted molar refractivity (Wildman–Crippen MR) is 95.5 cm³/mol. The molecular weight excluding hydrogens is 344 g/mol. The predicted octanol–water partition coefficient (Wildman–Crippen LogP) is 2.98. The van der Waals surface area contributed by atoms with E-state index in [9.17, 15) is 4.79 Å². The third-order valence-corrected chi connectivity index (χ3v) is 4.11. The number of hydrogen-bond acceptors (Lipinski definition) is 6. The van der Waals surface area contributed by atoms with Gasteiger partial charge in [0.25, 0.3) is 5.91 Å². The summed E-state index contributed by atoms with van der Waals surface area (Å²) in [7, 11) is 1.53. The lowest BCUT2D eigenvalue weighted by molar-refractivity contribution is 0.102. The van der Waals surface area contributed by atoms with Crippen LogP contribution >= 0.6 is 11.6 Å². The highest BCUT2D eigenvalue weighted by atomic mass is 35.5. The van der Waals surface area contributed by atoms with E-state index in [1.54, 1.807) is 30.5 Å². The normalized spacial score (nSPS) is 16.5. The fourth-order valence-corrected chi connectivity index (χ4v) is 2.78. The van der Waals surface area contributed by atoms with Gasteiger partial charge in [0.2, 0.25) is 5.95 Å². The number of carbonyl (C=O) groups excluding carboxylic acids is 1. The van der Waals surface area contributed by atoms with Gasteiger partial charge in [-0.1, -0.05) is 11.6 Å². The maximum atomic E-state index is 12.4. The van der Waals surface area contributed by atoms with E-state index in [1.807, 2.05) is 0 Å². The Bertz CT molecular complexity index is 750. The molecule has 132 valence electrons. The highest BCUT2D eigenvalue weighted by Crippen LogP contribution is 2.27. The number of nitrogens with one attached hydrogen (secondary N) is 2. The number of methoxy groups -OCH3 is 1. The molecule has 1 aliphatic heterocycles. The van der Waals surface area contributed by atoms with Gasteiger partial charge in [0.05, 0.1) is 18.2 Å². The molecule has 8 heteroatoms. The number of aromatic nitrogens is 2. The summed E-state index contributed by atoms with van der Waals surface area (Å²) in [6.07, 6.45) is 3.80. The smallest absolute Gasteiger partial charge is 0.274 e. The van der Waals surface area contributed by atoms with Crippen LogP contribution in [0.4, 0.5) is 11.6 Å². The van der Waals surface area contributed by atoms with Crippen LogP contribution in [0.25, 0.3) is 0 Å². The second kappa shape index (κ2) is 8.13. The molecule has 1 aromatic heterocycles. The van der Waals surface area contributed by atoms with E-state index in [4.69, 9.17) is 21.1 Å². The van der Waals surface area contributed by atoms with E-state index in [0.717, 1.165) is 19.4 Å². The van der Waals surface area contributed by atoms with Gasteiger partial charge in [-0.3, -0.25) is 4.79 Å². The van der Waals surface area contributed by atoms with E-state index in [2.05, 4.69) is 20.6 Å². The summed E-state index contributed by atoms with van der Waals surface area (Å²) in [6.45, 7) is 1.42. The van der Waals surface area contributed by atoms with Crippen LogP contribution in [-0.4, -0.2) is 42.2 Å². The minimum Gasteiger partial charge on any atom is -0.495 e. The average molecular weight is 363 g/mol. The van der Waals surface area contributed by atoms with Gasteiger partial charge in [-0.2, -0.15) is 0 Å². The van der Waals surface area contributed by atoms with Crippen molar-refractivity contribution in [2.45, 2.75) is 18.9 Å². The number of carbonyl (C=O) groups is 1. The quantitative estimate of drug-likeness (QED) is 0.821. The van der Waals surface area contributed by atoms with Crippen molar-refractivity contribution in [1.29, 1.82) is 0 Å². The summed E-state index contributed by atoms with van der Waals surface area (Å²) in [4.78, 5) is 20.7. The molecule has 25 heavy (non-hydrogen) atoms. The zero-order chi connectivity index (χ0) is 17.6. The van der Waals surface area contributed by atoms with Crippen molar-refractivity contribution in [3.63, 3.8) is 0 Å². The van der Waals surface area contributed by atoms with Gasteiger partial charge in [0, 0.05) is 25.0 Å². The molecule has 7 nitrogen and oxygen atoms in total. The van der Waals surface area contributed by atoms with Crippen LogP contribution in [0.15, 0.2) is 30.5 Å².